The zero-order valence-electron chi connectivity index (χ0n) is 8.96. The summed E-state index contributed by atoms with van der Waals surface area (Å²) in [5.41, 5.74) is 6.53. The Kier molecular flexibility index (Phi) is 3.79. The lowest BCUT2D eigenvalue weighted by Crippen LogP contribution is -2.39. The van der Waals surface area contributed by atoms with Crippen LogP contribution in [0.2, 0.25) is 5.02 Å². The van der Waals surface area contributed by atoms with Gasteiger partial charge in [-0.15, -0.1) is 0 Å². The zero-order chi connectivity index (χ0) is 11.5. The first-order valence-corrected chi connectivity index (χ1v) is 5.82. The molecule has 88 valence electrons. The highest BCUT2D eigenvalue weighted by Crippen LogP contribution is 2.25. The number of hydrogen-bond donors (Lipinski definition) is 1. The van der Waals surface area contributed by atoms with Crippen molar-refractivity contribution in [2.75, 3.05) is 13.2 Å². The number of nitrogens with two attached hydrogens (primary N) is 1. The lowest BCUT2D eigenvalue weighted by atomic mass is 9.90. The molecule has 0 saturated carbocycles. The van der Waals surface area contributed by atoms with E-state index >= 15 is 0 Å². The summed E-state index contributed by atoms with van der Waals surface area (Å²) in [6, 6.07) is 4.81. The van der Waals surface area contributed by atoms with Gasteiger partial charge in [-0.1, -0.05) is 17.7 Å². The normalized spacial score (nSPS) is 25.7. The van der Waals surface area contributed by atoms with Gasteiger partial charge in [0.05, 0.1) is 6.61 Å². The van der Waals surface area contributed by atoms with Gasteiger partial charge < -0.3 is 10.5 Å². The lowest BCUT2D eigenvalue weighted by Gasteiger charge is -2.29. The molecule has 0 unspecified atom stereocenters. The molecule has 16 heavy (non-hydrogen) atoms. The van der Waals surface area contributed by atoms with Gasteiger partial charge in [-0.05, 0) is 25.0 Å². The highest BCUT2D eigenvalue weighted by molar-refractivity contribution is 6.31. The second-order valence-corrected chi connectivity index (χ2v) is 4.60. The third-order valence-electron chi connectivity index (χ3n) is 3.06. The highest BCUT2D eigenvalue weighted by Gasteiger charge is 2.24. The summed E-state index contributed by atoms with van der Waals surface area (Å²) < 4.78 is 18.9. The second kappa shape index (κ2) is 5.13. The first-order chi connectivity index (χ1) is 7.68. The molecule has 1 aliphatic rings. The maximum absolute atomic E-state index is 13.6. The molecule has 1 aliphatic heterocycles. The van der Waals surface area contributed by atoms with E-state index in [1.54, 1.807) is 12.1 Å². The van der Waals surface area contributed by atoms with Crippen LogP contribution in [0.4, 0.5) is 4.39 Å². The predicted octanol–water partition coefficient (Wildman–Crippen LogP) is 2.39. The summed E-state index contributed by atoms with van der Waals surface area (Å²) in [7, 11) is 0. The van der Waals surface area contributed by atoms with Gasteiger partial charge in [-0.2, -0.15) is 0 Å². The smallest absolute Gasteiger partial charge is 0.127 e. The minimum absolute atomic E-state index is 0.0735. The van der Waals surface area contributed by atoms with E-state index in [1.807, 2.05) is 0 Å². The van der Waals surface area contributed by atoms with E-state index in [1.165, 1.54) is 6.07 Å². The maximum atomic E-state index is 13.6. The summed E-state index contributed by atoms with van der Waals surface area (Å²) in [5, 5.41) is 0.470. The number of halogens is 2. The van der Waals surface area contributed by atoms with E-state index in [-0.39, 0.29) is 17.8 Å². The first kappa shape index (κ1) is 11.8. The third-order valence-corrected chi connectivity index (χ3v) is 3.42. The molecule has 1 saturated heterocycles. The van der Waals surface area contributed by atoms with Crippen molar-refractivity contribution in [3.05, 3.63) is 34.6 Å². The maximum Gasteiger partial charge on any atom is 0.127 e. The van der Waals surface area contributed by atoms with Crippen LogP contribution in [0.3, 0.4) is 0 Å². The van der Waals surface area contributed by atoms with Crippen LogP contribution in [0.5, 0.6) is 0 Å². The van der Waals surface area contributed by atoms with Gasteiger partial charge in [0.2, 0.25) is 0 Å². The van der Waals surface area contributed by atoms with E-state index in [9.17, 15) is 4.39 Å². The van der Waals surface area contributed by atoms with Crippen LogP contribution in [0, 0.1) is 11.7 Å². The van der Waals surface area contributed by atoms with Crippen molar-refractivity contribution >= 4 is 11.6 Å². The summed E-state index contributed by atoms with van der Waals surface area (Å²) in [6.07, 6.45) is 1.38. The van der Waals surface area contributed by atoms with Crippen molar-refractivity contribution in [3.8, 4) is 0 Å². The summed E-state index contributed by atoms with van der Waals surface area (Å²) in [5.74, 6) is -0.103. The Balaban J connectivity index is 2.13. The van der Waals surface area contributed by atoms with E-state index in [0.717, 1.165) is 6.42 Å². The zero-order valence-corrected chi connectivity index (χ0v) is 9.71. The minimum Gasteiger partial charge on any atom is -0.381 e. The predicted molar refractivity (Wildman–Crippen MR) is 62.0 cm³/mol. The molecule has 0 bridgehead atoms. The monoisotopic (exact) mass is 243 g/mol. The SMILES string of the molecule is N[C@@H]1CCOC[C@@H]1Cc1c(F)cccc1Cl. The average Bonchev–Trinajstić information content (AvgIpc) is 2.26. The Morgan fingerprint density at radius 1 is 1.50 bits per heavy atom. The molecule has 1 aromatic carbocycles. The standard InChI is InChI=1S/C12H15ClFNO/c13-10-2-1-3-11(14)9(10)6-8-7-16-5-4-12(8)15/h1-3,8,12H,4-7,15H2/t8-,12+/m0/s1. The summed E-state index contributed by atoms with van der Waals surface area (Å²) in [4.78, 5) is 0. The largest absolute Gasteiger partial charge is 0.381 e. The lowest BCUT2D eigenvalue weighted by molar-refractivity contribution is 0.0420. The Morgan fingerprint density at radius 2 is 2.31 bits per heavy atom. The van der Waals surface area contributed by atoms with Crippen molar-refractivity contribution < 1.29 is 9.13 Å². The van der Waals surface area contributed by atoms with Gasteiger partial charge in [0.1, 0.15) is 5.82 Å². The van der Waals surface area contributed by atoms with Crippen molar-refractivity contribution in [2.45, 2.75) is 18.9 Å². The molecule has 0 aromatic heterocycles. The van der Waals surface area contributed by atoms with Crippen molar-refractivity contribution in [1.29, 1.82) is 0 Å². The van der Waals surface area contributed by atoms with Crippen molar-refractivity contribution in [2.24, 2.45) is 11.7 Å². The quantitative estimate of drug-likeness (QED) is 0.866. The van der Waals surface area contributed by atoms with Crippen LogP contribution in [-0.2, 0) is 11.2 Å². The topological polar surface area (TPSA) is 35.2 Å². The van der Waals surface area contributed by atoms with Gasteiger partial charge in [-0.3, -0.25) is 0 Å². The van der Waals surface area contributed by atoms with Gasteiger partial charge in [0.25, 0.3) is 0 Å². The molecule has 0 amide bonds. The first-order valence-electron chi connectivity index (χ1n) is 5.44. The van der Waals surface area contributed by atoms with E-state index in [0.29, 0.717) is 30.2 Å². The molecule has 0 spiro atoms. The molecule has 0 radical (unpaired) electrons. The molecular weight excluding hydrogens is 229 g/mol. The Bertz CT molecular complexity index is 352. The molecule has 1 aromatic rings. The molecule has 0 aliphatic carbocycles. The summed E-state index contributed by atoms with van der Waals surface area (Å²) in [6.45, 7) is 1.29. The van der Waals surface area contributed by atoms with Crippen molar-refractivity contribution in [3.63, 3.8) is 0 Å². The van der Waals surface area contributed by atoms with E-state index in [4.69, 9.17) is 22.1 Å². The fraction of sp³-hybridized carbons (Fsp3) is 0.500. The van der Waals surface area contributed by atoms with Gasteiger partial charge in [0.15, 0.2) is 0 Å². The fourth-order valence-electron chi connectivity index (χ4n) is 2.01. The molecule has 2 N–H and O–H groups in total. The molecule has 2 atom stereocenters. The number of rotatable bonds is 2. The molecule has 1 heterocycles. The Morgan fingerprint density at radius 3 is 3.00 bits per heavy atom. The Labute approximate surface area is 99.5 Å². The molecule has 2 rings (SSSR count). The Hall–Kier alpha value is -0.640. The minimum atomic E-state index is -0.259. The van der Waals surface area contributed by atoms with Gasteiger partial charge in [-0.25, -0.2) is 4.39 Å². The third kappa shape index (κ3) is 2.54. The van der Waals surface area contributed by atoms with Crippen LogP contribution < -0.4 is 5.73 Å². The van der Waals surface area contributed by atoms with Crippen LogP contribution >= 0.6 is 11.6 Å². The van der Waals surface area contributed by atoms with E-state index < -0.39 is 0 Å². The van der Waals surface area contributed by atoms with Crippen LogP contribution in [0.15, 0.2) is 18.2 Å². The number of ether oxygens (including phenoxy) is 1. The second-order valence-electron chi connectivity index (χ2n) is 4.19. The van der Waals surface area contributed by atoms with Crippen molar-refractivity contribution in [1.82, 2.24) is 0 Å². The van der Waals surface area contributed by atoms with Crippen LogP contribution in [-0.4, -0.2) is 19.3 Å². The molecule has 4 heteroatoms. The van der Waals surface area contributed by atoms with E-state index in [2.05, 4.69) is 0 Å². The number of hydrogen-bond acceptors (Lipinski definition) is 2. The summed E-state index contributed by atoms with van der Waals surface area (Å²) >= 11 is 5.97. The molecular formula is C12H15ClFNO. The van der Waals surface area contributed by atoms with Crippen LogP contribution in [0.25, 0.3) is 0 Å². The van der Waals surface area contributed by atoms with Crippen LogP contribution in [0.1, 0.15) is 12.0 Å². The molecule has 2 nitrogen and oxygen atoms in total. The number of benzene rings is 1. The highest BCUT2D eigenvalue weighted by atomic mass is 35.5. The van der Waals surface area contributed by atoms with Gasteiger partial charge >= 0.3 is 0 Å². The fourth-order valence-corrected chi connectivity index (χ4v) is 2.25. The molecule has 1 fully saturated rings. The average molecular weight is 244 g/mol. The van der Waals surface area contributed by atoms with Gasteiger partial charge in [0, 0.05) is 29.2 Å².